The molecule has 0 bridgehead atoms. The van der Waals surface area contributed by atoms with Crippen molar-refractivity contribution in [2.24, 2.45) is 0 Å². The van der Waals surface area contributed by atoms with Gasteiger partial charge >= 0.3 is 5.97 Å². The van der Waals surface area contributed by atoms with E-state index in [1.807, 2.05) is 0 Å². The van der Waals surface area contributed by atoms with Crippen LogP contribution in [0.15, 0.2) is 31.8 Å². The van der Waals surface area contributed by atoms with Crippen molar-refractivity contribution in [3.05, 3.63) is 29.2 Å². The van der Waals surface area contributed by atoms with Crippen LogP contribution in [0.3, 0.4) is 0 Å². The van der Waals surface area contributed by atoms with Gasteiger partial charge in [-0.05, 0) is 13.0 Å². The third kappa shape index (κ3) is 4.49. The molecule has 3 aromatic heterocycles. The fraction of sp³-hybridized carbons (Fsp3) is 0.267. The van der Waals surface area contributed by atoms with Gasteiger partial charge in [-0.15, -0.1) is 21.5 Å². The summed E-state index contributed by atoms with van der Waals surface area (Å²) in [6, 6.07) is 1.73. The molecule has 0 unspecified atom stereocenters. The Morgan fingerprint density at radius 1 is 1.38 bits per heavy atom. The first-order valence-corrected chi connectivity index (χ1v) is 9.23. The van der Waals surface area contributed by atoms with E-state index in [-0.39, 0.29) is 29.3 Å². The predicted octanol–water partition coefficient (Wildman–Crippen LogP) is 2.54. The Balaban J connectivity index is 1.51. The molecule has 0 atom stereocenters. The minimum atomic E-state index is -0.385. The van der Waals surface area contributed by atoms with Crippen molar-refractivity contribution in [3.63, 3.8) is 0 Å². The van der Waals surface area contributed by atoms with Crippen molar-refractivity contribution in [2.75, 3.05) is 18.2 Å². The number of carbonyl (C=O) groups excluding carboxylic acids is 2. The molecule has 0 fully saturated rings. The molecule has 0 aromatic carbocycles. The maximum atomic E-state index is 12.0. The number of hydrogen-bond acceptors (Lipinski definition) is 10. The summed E-state index contributed by atoms with van der Waals surface area (Å²) in [6.45, 7) is 1.79. The van der Waals surface area contributed by atoms with Crippen LogP contribution in [0.5, 0.6) is 0 Å². The van der Waals surface area contributed by atoms with Crippen LogP contribution >= 0.6 is 23.1 Å². The van der Waals surface area contributed by atoms with Gasteiger partial charge in [0.25, 0.3) is 11.1 Å². The third-order valence-electron chi connectivity index (χ3n) is 3.17. The molecule has 3 aromatic rings. The van der Waals surface area contributed by atoms with E-state index in [9.17, 15) is 9.59 Å². The maximum absolute atomic E-state index is 12.0. The number of amides is 1. The Hall–Kier alpha value is -2.66. The number of thiazole rings is 1. The highest BCUT2D eigenvalue weighted by atomic mass is 32.2. The smallest absolute Gasteiger partial charge is 0.311 e. The van der Waals surface area contributed by atoms with Crippen molar-refractivity contribution in [2.45, 2.75) is 18.6 Å². The average molecular weight is 394 g/mol. The summed E-state index contributed by atoms with van der Waals surface area (Å²) in [5.41, 5.74) is 1.26. The lowest BCUT2D eigenvalue weighted by molar-refractivity contribution is -0.139. The molecule has 0 radical (unpaired) electrons. The topological polar surface area (TPSA) is 120 Å². The second-order valence-corrected chi connectivity index (χ2v) is 6.78. The summed E-state index contributed by atoms with van der Waals surface area (Å²) < 4.78 is 15.3. The van der Waals surface area contributed by atoms with Gasteiger partial charge in [0, 0.05) is 5.38 Å². The van der Waals surface area contributed by atoms with Crippen LogP contribution in [0.4, 0.5) is 5.13 Å². The first kappa shape index (κ1) is 18.1. The van der Waals surface area contributed by atoms with Crippen LogP contribution < -0.4 is 5.32 Å². The number of esters is 1. The normalized spacial score (nSPS) is 10.7. The fourth-order valence-electron chi connectivity index (χ4n) is 1.93. The second-order valence-electron chi connectivity index (χ2n) is 5.00. The lowest BCUT2D eigenvalue weighted by Gasteiger charge is -1.99. The zero-order valence-electron chi connectivity index (χ0n) is 13.8. The van der Waals surface area contributed by atoms with Gasteiger partial charge in [-0.2, -0.15) is 0 Å². The van der Waals surface area contributed by atoms with Crippen LogP contribution in [0.2, 0.25) is 0 Å². The van der Waals surface area contributed by atoms with Crippen LogP contribution in [0, 0.1) is 6.92 Å². The first-order chi connectivity index (χ1) is 12.5. The molecule has 0 aliphatic heterocycles. The number of aryl methyl sites for hydroxylation is 1. The molecule has 136 valence electrons. The van der Waals surface area contributed by atoms with Gasteiger partial charge in [-0.1, -0.05) is 11.8 Å². The van der Waals surface area contributed by atoms with E-state index in [4.69, 9.17) is 8.83 Å². The Bertz CT molecular complexity index is 917. The number of hydrogen-bond donors (Lipinski definition) is 1. The second kappa shape index (κ2) is 8.15. The fourth-order valence-corrected chi connectivity index (χ4v) is 3.22. The van der Waals surface area contributed by atoms with Crippen molar-refractivity contribution in [1.82, 2.24) is 15.2 Å². The number of aromatic nitrogens is 3. The average Bonchev–Trinajstić information content (AvgIpc) is 3.34. The van der Waals surface area contributed by atoms with E-state index < -0.39 is 0 Å². The molecule has 26 heavy (non-hydrogen) atoms. The largest absolute Gasteiger partial charge is 0.469 e. The first-order valence-electron chi connectivity index (χ1n) is 7.37. The van der Waals surface area contributed by atoms with Crippen LogP contribution in [-0.4, -0.2) is 39.9 Å². The number of methoxy groups -OCH3 is 1. The van der Waals surface area contributed by atoms with Gasteiger partial charge in [0.1, 0.15) is 5.76 Å². The SMILES string of the molecule is COC(=O)Cc1csc(NC(=O)CSc2nnc(-c3ccoc3C)o2)n1. The zero-order chi connectivity index (χ0) is 18.5. The zero-order valence-corrected chi connectivity index (χ0v) is 15.5. The van der Waals surface area contributed by atoms with E-state index in [2.05, 4.69) is 25.2 Å². The summed E-state index contributed by atoms with van der Waals surface area (Å²) in [6.07, 6.45) is 1.60. The van der Waals surface area contributed by atoms with E-state index in [0.29, 0.717) is 22.5 Å². The van der Waals surface area contributed by atoms with Crippen molar-refractivity contribution in [3.8, 4) is 11.5 Å². The van der Waals surface area contributed by atoms with Crippen molar-refractivity contribution in [1.29, 1.82) is 0 Å². The Morgan fingerprint density at radius 3 is 2.96 bits per heavy atom. The molecule has 11 heteroatoms. The number of nitrogens with zero attached hydrogens (tertiary/aromatic N) is 3. The number of rotatable bonds is 7. The van der Waals surface area contributed by atoms with Crippen LogP contribution in [0.1, 0.15) is 11.5 Å². The van der Waals surface area contributed by atoms with E-state index >= 15 is 0 Å². The summed E-state index contributed by atoms with van der Waals surface area (Å²) >= 11 is 2.35. The summed E-state index contributed by atoms with van der Waals surface area (Å²) in [5, 5.41) is 12.9. The molecule has 3 rings (SSSR count). The number of furan rings is 1. The van der Waals surface area contributed by atoms with Gasteiger partial charge in [-0.3, -0.25) is 9.59 Å². The molecule has 0 saturated heterocycles. The van der Waals surface area contributed by atoms with Crippen LogP contribution in [0.25, 0.3) is 11.5 Å². The molecule has 9 nitrogen and oxygen atoms in total. The molecule has 0 saturated carbocycles. The van der Waals surface area contributed by atoms with Crippen molar-refractivity contribution >= 4 is 40.1 Å². The Morgan fingerprint density at radius 2 is 2.23 bits per heavy atom. The summed E-state index contributed by atoms with van der Waals surface area (Å²) in [7, 11) is 1.31. The summed E-state index contributed by atoms with van der Waals surface area (Å²) in [5.74, 6) is 0.441. The summed E-state index contributed by atoms with van der Waals surface area (Å²) in [4.78, 5) is 27.4. The number of anilines is 1. The van der Waals surface area contributed by atoms with E-state index in [1.54, 1.807) is 18.4 Å². The predicted molar refractivity (Wildman–Crippen MR) is 93.9 cm³/mol. The molecular formula is C15H14N4O5S2. The van der Waals surface area contributed by atoms with E-state index in [0.717, 1.165) is 17.3 Å². The Labute approximate surface area is 156 Å². The highest BCUT2D eigenvalue weighted by Gasteiger charge is 2.15. The maximum Gasteiger partial charge on any atom is 0.311 e. The number of thioether (sulfide) groups is 1. The van der Waals surface area contributed by atoms with Gasteiger partial charge < -0.3 is 18.9 Å². The highest BCUT2D eigenvalue weighted by molar-refractivity contribution is 7.99. The van der Waals surface area contributed by atoms with Crippen molar-refractivity contribution < 1.29 is 23.2 Å². The minimum absolute atomic E-state index is 0.0653. The van der Waals surface area contributed by atoms with Gasteiger partial charge in [-0.25, -0.2) is 4.98 Å². The monoisotopic (exact) mass is 394 g/mol. The van der Waals surface area contributed by atoms with Crippen LogP contribution in [-0.2, 0) is 20.7 Å². The molecule has 0 aliphatic rings. The molecule has 0 aliphatic carbocycles. The molecule has 1 N–H and O–H groups in total. The number of nitrogens with one attached hydrogen (secondary N) is 1. The van der Waals surface area contributed by atoms with Gasteiger partial charge in [0.05, 0.1) is 36.8 Å². The molecule has 0 spiro atoms. The van der Waals surface area contributed by atoms with Gasteiger partial charge in [0.2, 0.25) is 5.91 Å². The third-order valence-corrected chi connectivity index (χ3v) is 4.80. The lowest BCUT2D eigenvalue weighted by Crippen LogP contribution is -2.14. The quantitative estimate of drug-likeness (QED) is 0.476. The lowest BCUT2D eigenvalue weighted by atomic mass is 10.3. The van der Waals surface area contributed by atoms with Gasteiger partial charge in [0.15, 0.2) is 5.13 Å². The van der Waals surface area contributed by atoms with E-state index in [1.165, 1.54) is 24.7 Å². The standard InChI is InChI=1S/C15H14N4O5S2/c1-8-10(3-4-23-8)13-18-19-15(24-13)26-7-11(20)17-14-16-9(6-25-14)5-12(21)22-2/h3-4,6H,5,7H2,1-2H3,(H,16,17,20). The Kier molecular flexibility index (Phi) is 5.68. The number of carbonyl (C=O) groups is 2. The minimum Gasteiger partial charge on any atom is -0.469 e. The molecule has 3 heterocycles. The highest BCUT2D eigenvalue weighted by Crippen LogP contribution is 2.26. The number of ether oxygens (including phenoxy) is 1. The molecule has 1 amide bonds. The molecular weight excluding hydrogens is 380 g/mol.